The number of hydrogen-bond donors (Lipinski definition) is 1. The Bertz CT molecular complexity index is 792. The number of nitrogens with one attached hydrogen (secondary N) is 1. The van der Waals surface area contributed by atoms with Crippen LogP contribution in [0.25, 0.3) is 6.08 Å². The molecule has 1 aromatic carbocycles. The van der Waals surface area contributed by atoms with Crippen molar-refractivity contribution in [3.8, 4) is 0 Å². The van der Waals surface area contributed by atoms with Crippen LogP contribution < -0.4 is 10.2 Å². The summed E-state index contributed by atoms with van der Waals surface area (Å²) in [5.74, 6) is -0.215. The zero-order valence-corrected chi connectivity index (χ0v) is 13.6. The molecule has 3 rings (SSSR count). The van der Waals surface area contributed by atoms with Crippen LogP contribution in [-0.2, 0) is 11.8 Å². The van der Waals surface area contributed by atoms with Gasteiger partial charge in [-0.1, -0.05) is 23.7 Å². The van der Waals surface area contributed by atoms with E-state index in [2.05, 4.69) is 10.4 Å². The Hall–Kier alpha value is -2.18. The standard InChI is InChI=1S/C15H13ClN4OS/c1-9-4-3-5-10(6-9)20-14(21)12(18-15(20)22)7-13-11(16)8-17-19(13)2/h3-8H,1-2H3,(H,18,22)/b12-7+. The van der Waals surface area contributed by atoms with E-state index in [1.807, 2.05) is 31.2 Å². The Morgan fingerprint density at radius 2 is 2.18 bits per heavy atom. The van der Waals surface area contributed by atoms with E-state index in [4.69, 9.17) is 23.8 Å². The summed E-state index contributed by atoms with van der Waals surface area (Å²) in [4.78, 5) is 14.1. The lowest BCUT2D eigenvalue weighted by Gasteiger charge is -2.14. The highest BCUT2D eigenvalue weighted by atomic mass is 35.5. The Morgan fingerprint density at radius 1 is 1.41 bits per heavy atom. The molecule has 0 radical (unpaired) electrons. The molecule has 1 fully saturated rings. The number of thiocarbonyl (C=S) groups is 1. The van der Waals surface area contributed by atoms with Crippen LogP contribution in [0.2, 0.25) is 5.02 Å². The molecule has 22 heavy (non-hydrogen) atoms. The first-order valence-electron chi connectivity index (χ1n) is 6.58. The van der Waals surface area contributed by atoms with Gasteiger partial charge in [-0.3, -0.25) is 14.4 Å². The van der Waals surface area contributed by atoms with Gasteiger partial charge < -0.3 is 5.32 Å². The van der Waals surface area contributed by atoms with Crippen molar-refractivity contribution in [1.29, 1.82) is 0 Å². The Labute approximate surface area is 138 Å². The molecule has 1 N–H and O–H groups in total. The molecular formula is C15H13ClN4OS. The van der Waals surface area contributed by atoms with Gasteiger partial charge >= 0.3 is 0 Å². The zero-order valence-electron chi connectivity index (χ0n) is 12.0. The van der Waals surface area contributed by atoms with Gasteiger partial charge in [-0.15, -0.1) is 0 Å². The summed E-state index contributed by atoms with van der Waals surface area (Å²) in [5.41, 5.74) is 2.81. The predicted octanol–water partition coefficient (Wildman–Crippen LogP) is 2.64. The molecule has 1 saturated heterocycles. The van der Waals surface area contributed by atoms with Gasteiger partial charge in [0.1, 0.15) is 5.70 Å². The highest BCUT2D eigenvalue weighted by molar-refractivity contribution is 7.80. The van der Waals surface area contributed by atoms with Crippen LogP contribution in [0.3, 0.4) is 0 Å². The third kappa shape index (κ3) is 2.51. The third-order valence-electron chi connectivity index (χ3n) is 3.36. The number of aromatic nitrogens is 2. The number of benzene rings is 1. The van der Waals surface area contributed by atoms with Crippen LogP contribution >= 0.6 is 23.8 Å². The second-order valence-corrected chi connectivity index (χ2v) is 5.76. The van der Waals surface area contributed by atoms with Crippen LogP contribution in [0.15, 0.2) is 36.2 Å². The van der Waals surface area contributed by atoms with Crippen LogP contribution in [0.4, 0.5) is 5.69 Å². The number of hydrogen-bond acceptors (Lipinski definition) is 3. The highest BCUT2D eigenvalue weighted by Crippen LogP contribution is 2.24. The molecule has 0 saturated carbocycles. The highest BCUT2D eigenvalue weighted by Gasteiger charge is 2.32. The largest absolute Gasteiger partial charge is 0.327 e. The SMILES string of the molecule is Cc1cccc(N2C(=O)/C(=C\c3c(Cl)cnn3C)NC2=S)c1. The van der Waals surface area contributed by atoms with E-state index < -0.39 is 0 Å². The van der Waals surface area contributed by atoms with Crippen molar-refractivity contribution in [1.82, 2.24) is 15.1 Å². The molecule has 0 bridgehead atoms. The number of amides is 1. The summed E-state index contributed by atoms with van der Waals surface area (Å²) >= 11 is 11.3. The first-order chi connectivity index (χ1) is 10.5. The fraction of sp³-hybridized carbons (Fsp3) is 0.133. The van der Waals surface area contributed by atoms with E-state index in [1.54, 1.807) is 17.8 Å². The van der Waals surface area contributed by atoms with Crippen molar-refractivity contribution in [2.45, 2.75) is 6.92 Å². The summed E-state index contributed by atoms with van der Waals surface area (Å²) in [6.45, 7) is 1.96. The first kappa shape index (κ1) is 14.7. The van der Waals surface area contributed by atoms with Crippen molar-refractivity contribution < 1.29 is 4.79 Å². The lowest BCUT2D eigenvalue weighted by atomic mass is 10.2. The third-order valence-corrected chi connectivity index (χ3v) is 3.93. The molecule has 112 valence electrons. The van der Waals surface area contributed by atoms with Crippen molar-refractivity contribution >= 4 is 46.6 Å². The minimum atomic E-state index is -0.215. The van der Waals surface area contributed by atoms with Gasteiger partial charge in [0, 0.05) is 7.05 Å². The smallest absolute Gasteiger partial charge is 0.281 e. The van der Waals surface area contributed by atoms with Crippen LogP contribution in [0.1, 0.15) is 11.3 Å². The maximum absolute atomic E-state index is 12.6. The van der Waals surface area contributed by atoms with Crippen molar-refractivity contribution in [3.05, 3.63) is 52.4 Å². The molecule has 2 heterocycles. The Balaban J connectivity index is 1.99. The number of carbonyl (C=O) groups is 1. The summed E-state index contributed by atoms with van der Waals surface area (Å²) in [5, 5.41) is 7.80. The average molecular weight is 333 g/mol. The zero-order chi connectivity index (χ0) is 15.9. The molecule has 1 aliphatic rings. The monoisotopic (exact) mass is 332 g/mol. The van der Waals surface area contributed by atoms with E-state index >= 15 is 0 Å². The molecule has 1 amide bonds. The summed E-state index contributed by atoms with van der Waals surface area (Å²) in [7, 11) is 1.76. The van der Waals surface area contributed by atoms with E-state index in [-0.39, 0.29) is 5.91 Å². The van der Waals surface area contributed by atoms with Crippen molar-refractivity contribution in [3.63, 3.8) is 0 Å². The second-order valence-electron chi connectivity index (χ2n) is 4.97. The molecule has 1 aliphatic heterocycles. The quantitative estimate of drug-likeness (QED) is 0.678. The number of rotatable bonds is 2. The molecule has 2 aromatic rings. The van der Waals surface area contributed by atoms with Gasteiger partial charge in [-0.05, 0) is 42.9 Å². The number of nitrogens with zero attached hydrogens (tertiary/aromatic N) is 3. The second kappa shape index (κ2) is 5.55. The first-order valence-corrected chi connectivity index (χ1v) is 7.37. The van der Waals surface area contributed by atoms with E-state index in [0.29, 0.717) is 21.5 Å². The maximum Gasteiger partial charge on any atom is 0.281 e. The molecular weight excluding hydrogens is 320 g/mol. The molecule has 5 nitrogen and oxygen atoms in total. The van der Waals surface area contributed by atoms with Crippen molar-refractivity contribution in [2.75, 3.05) is 4.90 Å². The number of halogens is 1. The Morgan fingerprint density at radius 3 is 2.82 bits per heavy atom. The average Bonchev–Trinajstić information content (AvgIpc) is 2.93. The van der Waals surface area contributed by atoms with Gasteiger partial charge in [-0.25, -0.2) is 0 Å². The van der Waals surface area contributed by atoms with Gasteiger partial charge in [-0.2, -0.15) is 5.10 Å². The predicted molar refractivity (Wildman–Crippen MR) is 90.6 cm³/mol. The van der Waals surface area contributed by atoms with E-state index in [0.717, 1.165) is 11.3 Å². The lowest BCUT2D eigenvalue weighted by Crippen LogP contribution is -2.30. The van der Waals surface area contributed by atoms with Crippen LogP contribution in [-0.4, -0.2) is 20.8 Å². The lowest BCUT2D eigenvalue weighted by molar-refractivity contribution is -0.113. The molecule has 7 heteroatoms. The van der Waals surface area contributed by atoms with Gasteiger partial charge in [0.05, 0.1) is 22.6 Å². The molecule has 0 aliphatic carbocycles. The molecule has 0 atom stereocenters. The molecule has 0 spiro atoms. The minimum absolute atomic E-state index is 0.215. The topological polar surface area (TPSA) is 50.2 Å². The summed E-state index contributed by atoms with van der Waals surface area (Å²) < 4.78 is 1.60. The normalized spacial score (nSPS) is 16.5. The summed E-state index contributed by atoms with van der Waals surface area (Å²) in [6, 6.07) is 7.61. The van der Waals surface area contributed by atoms with Crippen LogP contribution in [0.5, 0.6) is 0 Å². The van der Waals surface area contributed by atoms with E-state index in [1.165, 1.54) is 11.1 Å². The fourth-order valence-corrected chi connectivity index (χ4v) is 2.77. The number of anilines is 1. The van der Waals surface area contributed by atoms with Crippen molar-refractivity contribution in [2.24, 2.45) is 7.05 Å². The minimum Gasteiger partial charge on any atom is -0.327 e. The van der Waals surface area contributed by atoms with Gasteiger partial charge in [0.15, 0.2) is 5.11 Å². The molecule has 0 unspecified atom stereocenters. The Kier molecular flexibility index (Phi) is 3.72. The number of aryl methyl sites for hydroxylation is 2. The summed E-state index contributed by atoms with van der Waals surface area (Å²) in [6.07, 6.45) is 3.18. The van der Waals surface area contributed by atoms with Crippen LogP contribution in [0, 0.1) is 6.92 Å². The fourth-order valence-electron chi connectivity index (χ4n) is 2.26. The number of carbonyl (C=O) groups excluding carboxylic acids is 1. The van der Waals surface area contributed by atoms with Gasteiger partial charge in [0.25, 0.3) is 5.91 Å². The van der Waals surface area contributed by atoms with Gasteiger partial charge in [0.2, 0.25) is 0 Å². The molecule has 1 aromatic heterocycles. The van der Waals surface area contributed by atoms with E-state index in [9.17, 15) is 4.79 Å². The maximum atomic E-state index is 12.6.